The summed E-state index contributed by atoms with van der Waals surface area (Å²) in [4.78, 5) is 34.6. The molecule has 1 saturated heterocycles. The molecule has 0 bridgehead atoms. The minimum Gasteiger partial charge on any atom is -0.492 e. The highest BCUT2D eigenvalue weighted by molar-refractivity contribution is 7.23. The molecular formula is C40H37F4N5O4S. The second-order valence-corrected chi connectivity index (χ2v) is 14.0. The van der Waals surface area contributed by atoms with Gasteiger partial charge < -0.3 is 20.1 Å². The average Bonchev–Trinajstić information content (AvgIpc) is 3.73. The minimum atomic E-state index is -4.70. The highest BCUT2D eigenvalue weighted by atomic mass is 32.1. The third kappa shape index (κ3) is 9.07. The molecule has 0 unspecified atom stereocenters. The number of carbonyl (C=O) groups is 2. The van der Waals surface area contributed by atoms with Crippen molar-refractivity contribution in [2.24, 2.45) is 0 Å². The number of rotatable bonds is 13. The number of ether oxygens (including phenoxy) is 2. The summed E-state index contributed by atoms with van der Waals surface area (Å²) in [5, 5.41) is 5.51. The first kappa shape index (κ1) is 37.0. The van der Waals surface area contributed by atoms with Gasteiger partial charge in [-0.3, -0.25) is 18.9 Å². The SMILES string of the molecule is O=C(Cc1cc(CF)cc(C(F)(F)F)c1)N[C@H](Cc1ccccc1)C(=O)Nc1ccc(-c2cn3c(n2)sc2cc(OCCN4CCOCC4)ccc23)cc1. The molecule has 280 valence electrons. The number of nitrogens with one attached hydrogen (secondary N) is 2. The summed E-state index contributed by atoms with van der Waals surface area (Å²) in [5.41, 5.74) is 2.62. The van der Waals surface area contributed by atoms with Crippen LogP contribution in [-0.4, -0.2) is 71.6 Å². The van der Waals surface area contributed by atoms with E-state index in [-0.39, 0.29) is 17.5 Å². The molecule has 14 heteroatoms. The number of hydrogen-bond acceptors (Lipinski definition) is 7. The van der Waals surface area contributed by atoms with E-state index < -0.39 is 42.7 Å². The van der Waals surface area contributed by atoms with Gasteiger partial charge in [-0.2, -0.15) is 13.2 Å². The zero-order valence-electron chi connectivity index (χ0n) is 29.1. The second-order valence-electron chi connectivity index (χ2n) is 13.0. The van der Waals surface area contributed by atoms with Gasteiger partial charge in [-0.25, -0.2) is 9.37 Å². The van der Waals surface area contributed by atoms with Gasteiger partial charge >= 0.3 is 6.18 Å². The average molecular weight is 760 g/mol. The van der Waals surface area contributed by atoms with E-state index in [0.717, 1.165) is 82.7 Å². The number of anilines is 1. The number of hydrogen-bond donors (Lipinski definition) is 2. The number of amides is 2. The van der Waals surface area contributed by atoms with Crippen LogP contribution in [0.4, 0.5) is 23.2 Å². The molecule has 0 spiro atoms. The number of thiazole rings is 1. The maximum atomic E-state index is 13.6. The van der Waals surface area contributed by atoms with Crippen LogP contribution in [0.15, 0.2) is 97.2 Å². The summed E-state index contributed by atoms with van der Waals surface area (Å²) in [5.74, 6) is -0.371. The Hall–Kier alpha value is -5.31. The quantitative estimate of drug-likeness (QED) is 0.120. The van der Waals surface area contributed by atoms with Crippen molar-refractivity contribution in [3.8, 4) is 17.0 Å². The van der Waals surface area contributed by atoms with Crippen LogP contribution in [0.3, 0.4) is 0 Å². The van der Waals surface area contributed by atoms with Crippen LogP contribution in [0.1, 0.15) is 22.3 Å². The van der Waals surface area contributed by atoms with Crippen molar-refractivity contribution >= 4 is 44.0 Å². The van der Waals surface area contributed by atoms with Gasteiger partial charge in [0.05, 0.1) is 41.1 Å². The third-order valence-electron chi connectivity index (χ3n) is 9.13. The number of aromatic nitrogens is 2. The number of fused-ring (bicyclic) bond motifs is 3. The molecule has 2 N–H and O–H groups in total. The molecule has 0 aliphatic carbocycles. The smallest absolute Gasteiger partial charge is 0.416 e. The molecule has 1 atom stereocenters. The predicted octanol–water partition coefficient (Wildman–Crippen LogP) is 7.32. The minimum absolute atomic E-state index is 0.00883. The van der Waals surface area contributed by atoms with Crippen molar-refractivity contribution in [2.75, 3.05) is 44.8 Å². The summed E-state index contributed by atoms with van der Waals surface area (Å²) >= 11 is 1.56. The number of carbonyl (C=O) groups excluding carboxylic acids is 2. The van der Waals surface area contributed by atoms with Crippen LogP contribution in [0, 0.1) is 0 Å². The van der Waals surface area contributed by atoms with Crippen molar-refractivity contribution in [3.63, 3.8) is 0 Å². The Kier molecular flexibility index (Phi) is 11.2. The van der Waals surface area contributed by atoms with Gasteiger partial charge in [0, 0.05) is 43.5 Å². The summed E-state index contributed by atoms with van der Waals surface area (Å²) in [6.07, 6.45) is -3.07. The second kappa shape index (κ2) is 16.4. The summed E-state index contributed by atoms with van der Waals surface area (Å²) < 4.78 is 68.1. The van der Waals surface area contributed by atoms with Gasteiger partial charge in [0.25, 0.3) is 0 Å². The van der Waals surface area contributed by atoms with E-state index in [9.17, 15) is 27.2 Å². The Morgan fingerprint density at radius 2 is 1.69 bits per heavy atom. The van der Waals surface area contributed by atoms with Crippen molar-refractivity contribution in [1.82, 2.24) is 19.6 Å². The van der Waals surface area contributed by atoms with Crippen molar-refractivity contribution in [3.05, 3.63) is 119 Å². The van der Waals surface area contributed by atoms with Gasteiger partial charge in [0.1, 0.15) is 25.1 Å². The van der Waals surface area contributed by atoms with Gasteiger partial charge in [-0.1, -0.05) is 59.9 Å². The molecule has 9 nitrogen and oxygen atoms in total. The first-order valence-corrected chi connectivity index (χ1v) is 18.3. The summed E-state index contributed by atoms with van der Waals surface area (Å²) in [6, 6.07) is 23.9. The Morgan fingerprint density at radius 1 is 0.926 bits per heavy atom. The third-order valence-corrected chi connectivity index (χ3v) is 10.1. The van der Waals surface area contributed by atoms with E-state index in [2.05, 4.69) is 15.5 Å². The normalized spacial score (nSPS) is 14.3. The summed E-state index contributed by atoms with van der Waals surface area (Å²) in [7, 11) is 0. The molecule has 1 aliphatic rings. The van der Waals surface area contributed by atoms with E-state index in [0.29, 0.717) is 12.3 Å². The zero-order valence-corrected chi connectivity index (χ0v) is 29.9. The molecule has 0 saturated carbocycles. The number of imidazole rings is 1. The van der Waals surface area contributed by atoms with Crippen molar-refractivity contribution in [2.45, 2.75) is 31.7 Å². The standard InChI is InChI=1S/C40H37F4N5O4S/c41-24-28-18-27(19-30(20-28)40(42,43)44)22-37(50)46-33(21-26-4-2-1-3-5-26)38(51)45-31-8-6-29(7-9-31)34-25-49-35-11-10-32(23-36(35)54-39(49)47-34)53-17-14-48-12-15-52-16-13-48/h1-11,18-20,23,25,33H,12-17,21-22,24H2,(H,45,51)(H,46,50)/t33-/m1/s1. The van der Waals surface area contributed by atoms with Crippen LogP contribution < -0.4 is 15.4 Å². The lowest BCUT2D eigenvalue weighted by molar-refractivity contribution is -0.137. The topological polar surface area (TPSA) is 97.2 Å². The maximum Gasteiger partial charge on any atom is 0.416 e. The predicted molar refractivity (Wildman–Crippen MR) is 199 cm³/mol. The molecule has 7 rings (SSSR count). The molecule has 6 aromatic rings. The van der Waals surface area contributed by atoms with Gasteiger partial charge in [0.15, 0.2) is 4.96 Å². The molecule has 2 aromatic heterocycles. The molecule has 1 fully saturated rings. The van der Waals surface area contributed by atoms with Gasteiger partial charge in [0.2, 0.25) is 11.8 Å². The molecule has 4 aromatic carbocycles. The van der Waals surface area contributed by atoms with Crippen LogP contribution in [-0.2, 0) is 40.0 Å². The lowest BCUT2D eigenvalue weighted by Gasteiger charge is -2.26. The Morgan fingerprint density at radius 3 is 2.43 bits per heavy atom. The van der Waals surface area contributed by atoms with Crippen LogP contribution in [0.2, 0.25) is 0 Å². The van der Waals surface area contributed by atoms with Crippen LogP contribution in [0.5, 0.6) is 5.75 Å². The molecule has 1 aliphatic heterocycles. The van der Waals surface area contributed by atoms with E-state index in [1.165, 1.54) is 6.07 Å². The van der Waals surface area contributed by atoms with E-state index >= 15 is 0 Å². The molecule has 3 heterocycles. The summed E-state index contributed by atoms with van der Waals surface area (Å²) in [6.45, 7) is 3.69. The number of benzene rings is 4. The lowest BCUT2D eigenvalue weighted by atomic mass is 10.0. The van der Waals surface area contributed by atoms with Crippen LogP contribution in [0.25, 0.3) is 26.4 Å². The largest absolute Gasteiger partial charge is 0.492 e. The molecule has 2 amide bonds. The van der Waals surface area contributed by atoms with E-state index in [1.807, 2.05) is 47.0 Å². The fourth-order valence-corrected chi connectivity index (χ4v) is 7.41. The zero-order chi connectivity index (χ0) is 37.7. The lowest BCUT2D eigenvalue weighted by Crippen LogP contribution is -2.45. The number of nitrogens with zero attached hydrogens (tertiary/aromatic N) is 3. The fourth-order valence-electron chi connectivity index (χ4n) is 6.38. The number of halogens is 4. The maximum absolute atomic E-state index is 13.6. The van der Waals surface area contributed by atoms with Crippen molar-refractivity contribution in [1.29, 1.82) is 0 Å². The first-order valence-electron chi connectivity index (χ1n) is 17.5. The highest BCUT2D eigenvalue weighted by Crippen LogP contribution is 2.33. The number of alkyl halides is 4. The highest BCUT2D eigenvalue weighted by Gasteiger charge is 2.31. The number of morpholine rings is 1. The Bertz CT molecular complexity index is 2230. The van der Waals surface area contributed by atoms with Crippen molar-refractivity contribution < 1.29 is 36.6 Å². The Balaban J connectivity index is 1.01. The Labute approximate surface area is 312 Å². The van der Waals surface area contributed by atoms with Crippen LogP contribution >= 0.6 is 11.3 Å². The molecule has 54 heavy (non-hydrogen) atoms. The first-order chi connectivity index (χ1) is 26.1. The van der Waals surface area contributed by atoms with Gasteiger partial charge in [-0.05, 0) is 59.2 Å². The monoisotopic (exact) mass is 759 g/mol. The molecular weight excluding hydrogens is 723 g/mol. The molecule has 0 radical (unpaired) electrons. The van der Waals surface area contributed by atoms with Gasteiger partial charge in [-0.15, -0.1) is 0 Å². The van der Waals surface area contributed by atoms with E-state index in [4.69, 9.17) is 14.5 Å². The fraction of sp³-hybridized carbons (Fsp3) is 0.275. The van der Waals surface area contributed by atoms with E-state index in [1.54, 1.807) is 47.7 Å².